The Morgan fingerprint density at radius 3 is 2.76 bits per heavy atom. The summed E-state index contributed by atoms with van der Waals surface area (Å²) in [5, 5.41) is 25.1. The number of benzene rings is 1. The van der Waals surface area contributed by atoms with Gasteiger partial charge >= 0.3 is 0 Å². The van der Waals surface area contributed by atoms with Gasteiger partial charge in [0.15, 0.2) is 0 Å². The first-order valence-electron chi connectivity index (χ1n) is 6.95. The van der Waals surface area contributed by atoms with E-state index in [1.807, 2.05) is 13.0 Å². The number of hydrogen-bond donors (Lipinski definition) is 2. The number of halogens is 1. The maximum atomic E-state index is 12.2. The molecule has 126 valence electrons. The molecule has 0 aliphatic carbocycles. The number of amides is 1. The van der Waals surface area contributed by atoms with Crippen molar-refractivity contribution in [1.29, 1.82) is 5.26 Å². The molecule has 2 aromatic rings. The molecule has 0 saturated carbocycles. The Labute approximate surface area is 147 Å². The Balaban J connectivity index is 2.16. The minimum atomic E-state index is -0.760. The van der Waals surface area contributed by atoms with Gasteiger partial charge in [0.05, 0.1) is 15.6 Å². The number of pyridine rings is 1. The monoisotopic (exact) mass is 357 g/mol. The summed E-state index contributed by atoms with van der Waals surface area (Å²) in [5.41, 5.74) is 0.526. The molecule has 8 nitrogen and oxygen atoms in total. The summed E-state index contributed by atoms with van der Waals surface area (Å²) in [5.74, 6) is -0.302. The van der Waals surface area contributed by atoms with Crippen LogP contribution in [0, 0.1) is 28.4 Å². The summed E-state index contributed by atoms with van der Waals surface area (Å²) in [6.45, 7) is 1.88. The molecule has 0 fully saturated rings. The molecule has 1 aromatic heterocycles. The second-order valence-corrected chi connectivity index (χ2v) is 5.32. The lowest BCUT2D eigenvalue weighted by Gasteiger charge is -2.07. The van der Waals surface area contributed by atoms with Crippen LogP contribution in [-0.4, -0.2) is 15.8 Å². The quantitative estimate of drug-likeness (QED) is 0.366. The topological polar surface area (TPSA) is 121 Å². The van der Waals surface area contributed by atoms with Gasteiger partial charge in [0, 0.05) is 24.5 Å². The molecule has 2 N–H and O–H groups in total. The van der Waals surface area contributed by atoms with E-state index < -0.39 is 10.8 Å². The van der Waals surface area contributed by atoms with Crippen LogP contribution in [0.25, 0.3) is 0 Å². The van der Waals surface area contributed by atoms with E-state index in [9.17, 15) is 14.9 Å². The Morgan fingerprint density at radius 2 is 2.16 bits per heavy atom. The zero-order valence-corrected chi connectivity index (χ0v) is 13.7. The fraction of sp³-hybridized carbons (Fsp3) is 0.0625. The van der Waals surface area contributed by atoms with E-state index in [1.165, 1.54) is 18.3 Å². The number of nitrogens with one attached hydrogen (secondary N) is 2. The lowest BCUT2D eigenvalue weighted by molar-refractivity contribution is -0.384. The van der Waals surface area contributed by atoms with E-state index in [0.29, 0.717) is 5.82 Å². The molecule has 0 bridgehead atoms. The number of carbonyl (C=O) groups is 1. The Bertz CT molecular complexity index is 888. The van der Waals surface area contributed by atoms with Crippen LogP contribution < -0.4 is 10.6 Å². The normalized spacial score (nSPS) is 10.7. The Hall–Kier alpha value is -3.44. The smallest absolute Gasteiger partial charge is 0.271 e. The highest BCUT2D eigenvalue weighted by Crippen LogP contribution is 2.27. The van der Waals surface area contributed by atoms with Gasteiger partial charge in [0.2, 0.25) is 0 Å². The predicted octanol–water partition coefficient (Wildman–Crippen LogP) is 3.41. The summed E-state index contributed by atoms with van der Waals surface area (Å²) in [6.07, 6.45) is 2.82. The number of carbonyl (C=O) groups excluding carboxylic acids is 1. The van der Waals surface area contributed by atoms with Gasteiger partial charge in [-0.05, 0) is 24.6 Å². The maximum absolute atomic E-state index is 12.2. The Morgan fingerprint density at radius 1 is 1.40 bits per heavy atom. The van der Waals surface area contributed by atoms with E-state index >= 15 is 0 Å². The number of nitro benzene ring substituents is 1. The van der Waals surface area contributed by atoms with Crippen molar-refractivity contribution in [2.75, 3.05) is 10.6 Å². The van der Waals surface area contributed by atoms with Gasteiger partial charge in [-0.3, -0.25) is 14.9 Å². The largest absolute Gasteiger partial charge is 0.345 e. The lowest BCUT2D eigenvalue weighted by atomic mass is 10.2. The summed E-state index contributed by atoms with van der Waals surface area (Å²) in [6, 6.07) is 8.87. The van der Waals surface area contributed by atoms with Gasteiger partial charge < -0.3 is 10.6 Å². The third kappa shape index (κ3) is 4.76. The van der Waals surface area contributed by atoms with Crippen molar-refractivity contribution >= 4 is 34.7 Å². The number of anilines is 2. The van der Waals surface area contributed by atoms with Gasteiger partial charge in [-0.1, -0.05) is 17.7 Å². The molecule has 2 rings (SSSR count). The van der Waals surface area contributed by atoms with Crippen molar-refractivity contribution in [3.63, 3.8) is 0 Å². The number of nitriles is 1. The summed E-state index contributed by atoms with van der Waals surface area (Å²) < 4.78 is 0. The highest BCUT2D eigenvalue weighted by atomic mass is 35.5. The first kappa shape index (κ1) is 17.9. The second kappa shape index (κ2) is 7.90. The molecule has 25 heavy (non-hydrogen) atoms. The first-order valence-corrected chi connectivity index (χ1v) is 7.33. The average molecular weight is 358 g/mol. The van der Waals surface area contributed by atoms with Crippen LogP contribution >= 0.6 is 11.6 Å². The van der Waals surface area contributed by atoms with Crippen molar-refractivity contribution in [2.24, 2.45) is 0 Å². The van der Waals surface area contributed by atoms with Crippen molar-refractivity contribution in [3.8, 4) is 6.07 Å². The van der Waals surface area contributed by atoms with Crippen LogP contribution in [0.15, 0.2) is 48.3 Å². The van der Waals surface area contributed by atoms with Crippen LogP contribution in [0.5, 0.6) is 0 Å². The minimum absolute atomic E-state index is 0.0375. The molecule has 1 amide bonds. The Kier molecular flexibility index (Phi) is 5.66. The molecule has 0 aliphatic heterocycles. The van der Waals surface area contributed by atoms with Crippen molar-refractivity contribution in [3.05, 3.63) is 69.0 Å². The molecule has 1 aromatic carbocycles. The summed E-state index contributed by atoms with van der Waals surface area (Å²) in [7, 11) is 0. The van der Waals surface area contributed by atoms with Gasteiger partial charge in [-0.25, -0.2) is 4.98 Å². The fourth-order valence-electron chi connectivity index (χ4n) is 1.76. The van der Waals surface area contributed by atoms with Gasteiger partial charge in [0.1, 0.15) is 17.5 Å². The van der Waals surface area contributed by atoms with Crippen LogP contribution in [0.4, 0.5) is 17.2 Å². The third-order valence-electron chi connectivity index (χ3n) is 3.05. The standard InChI is InChI=1S/C16H12ClN5O3/c1-10-2-5-15(19-8-10)20-9-11(7-18)16(23)21-14-6-12(22(24)25)3-4-13(14)17/h2-6,8-9H,1H3,(H,19,20)(H,21,23)/b11-9-. The molecule has 0 radical (unpaired) electrons. The zero-order chi connectivity index (χ0) is 18.4. The van der Waals surface area contributed by atoms with E-state index in [-0.39, 0.29) is 22.0 Å². The highest BCUT2D eigenvalue weighted by Gasteiger charge is 2.15. The zero-order valence-electron chi connectivity index (χ0n) is 13.0. The summed E-state index contributed by atoms with van der Waals surface area (Å²) >= 11 is 5.92. The van der Waals surface area contributed by atoms with Crippen LogP contribution in [0.3, 0.4) is 0 Å². The molecule has 0 atom stereocenters. The van der Waals surface area contributed by atoms with Gasteiger partial charge in [-0.2, -0.15) is 5.26 Å². The fourth-order valence-corrected chi connectivity index (χ4v) is 1.92. The molecular weight excluding hydrogens is 346 g/mol. The lowest BCUT2D eigenvalue weighted by Crippen LogP contribution is -2.15. The minimum Gasteiger partial charge on any atom is -0.345 e. The third-order valence-corrected chi connectivity index (χ3v) is 3.38. The van der Waals surface area contributed by atoms with Crippen molar-refractivity contribution in [1.82, 2.24) is 4.98 Å². The molecular formula is C16H12ClN5O3. The summed E-state index contributed by atoms with van der Waals surface area (Å²) in [4.78, 5) is 26.4. The van der Waals surface area contributed by atoms with Crippen LogP contribution in [-0.2, 0) is 4.79 Å². The average Bonchev–Trinajstić information content (AvgIpc) is 2.58. The van der Waals surface area contributed by atoms with E-state index in [2.05, 4.69) is 15.6 Å². The molecule has 1 heterocycles. The number of rotatable bonds is 5. The maximum Gasteiger partial charge on any atom is 0.271 e. The van der Waals surface area contributed by atoms with Crippen LogP contribution in [0.2, 0.25) is 5.02 Å². The number of nitro groups is 1. The molecule has 9 heteroatoms. The first-order chi connectivity index (χ1) is 11.9. The van der Waals surface area contributed by atoms with E-state index in [0.717, 1.165) is 11.6 Å². The van der Waals surface area contributed by atoms with Crippen molar-refractivity contribution in [2.45, 2.75) is 6.92 Å². The molecule has 0 aliphatic rings. The van der Waals surface area contributed by atoms with Crippen molar-refractivity contribution < 1.29 is 9.72 Å². The number of aromatic nitrogens is 1. The number of nitrogens with zero attached hydrogens (tertiary/aromatic N) is 3. The van der Waals surface area contributed by atoms with Gasteiger partial charge in [-0.15, -0.1) is 0 Å². The second-order valence-electron chi connectivity index (χ2n) is 4.91. The van der Waals surface area contributed by atoms with E-state index in [4.69, 9.17) is 16.9 Å². The number of hydrogen-bond acceptors (Lipinski definition) is 6. The number of non-ortho nitro benzene ring substituents is 1. The van der Waals surface area contributed by atoms with E-state index in [1.54, 1.807) is 18.3 Å². The SMILES string of the molecule is Cc1ccc(N/C=C(/C#N)C(=O)Nc2cc([N+](=O)[O-])ccc2Cl)nc1. The predicted molar refractivity (Wildman–Crippen MR) is 93.0 cm³/mol. The molecule has 0 spiro atoms. The number of aryl methyl sites for hydroxylation is 1. The van der Waals surface area contributed by atoms with Crippen LogP contribution in [0.1, 0.15) is 5.56 Å². The van der Waals surface area contributed by atoms with Gasteiger partial charge in [0.25, 0.3) is 11.6 Å². The molecule has 0 saturated heterocycles. The highest BCUT2D eigenvalue weighted by molar-refractivity contribution is 6.34. The molecule has 0 unspecified atom stereocenters.